The number of anilines is 4. The lowest BCUT2D eigenvalue weighted by Gasteiger charge is -2.13. The molecular weight excluding hydrogens is 354 g/mol. The number of para-hydroxylation sites is 2. The first-order valence-corrected chi connectivity index (χ1v) is 7.86. The third kappa shape index (κ3) is 3.76. The molecule has 0 aliphatic heterocycles. The molecule has 0 aromatic heterocycles. The minimum Gasteiger partial charge on any atom is -0.355 e. The fourth-order valence-electron chi connectivity index (χ4n) is 2.22. The number of hydrogen-bond donors (Lipinski definition) is 2. The van der Waals surface area contributed by atoms with Crippen molar-refractivity contribution in [1.29, 1.82) is 0 Å². The highest BCUT2D eigenvalue weighted by atomic mass is 79.9. The summed E-state index contributed by atoms with van der Waals surface area (Å²) in [6, 6.07) is 23.2. The van der Waals surface area contributed by atoms with Gasteiger partial charge in [0.15, 0.2) is 0 Å². The Kier molecular flexibility index (Phi) is 4.68. The van der Waals surface area contributed by atoms with E-state index in [-0.39, 0.29) is 0 Å². The van der Waals surface area contributed by atoms with Gasteiger partial charge in [0.25, 0.3) is 0 Å². The van der Waals surface area contributed by atoms with Crippen molar-refractivity contribution in [2.45, 2.75) is 0 Å². The molecule has 114 valence electrons. The molecular formula is C18H14BrN3O. The number of benzene rings is 3. The average molecular weight is 368 g/mol. The fraction of sp³-hybridized carbons (Fsp3) is 0. The molecule has 23 heavy (non-hydrogen) atoms. The Morgan fingerprint density at radius 3 is 1.87 bits per heavy atom. The van der Waals surface area contributed by atoms with Gasteiger partial charge in [0, 0.05) is 17.1 Å². The second kappa shape index (κ2) is 7.07. The topological polar surface area (TPSA) is 53.5 Å². The van der Waals surface area contributed by atoms with E-state index in [9.17, 15) is 4.91 Å². The van der Waals surface area contributed by atoms with Crippen LogP contribution in [0.3, 0.4) is 0 Å². The van der Waals surface area contributed by atoms with Gasteiger partial charge < -0.3 is 10.6 Å². The van der Waals surface area contributed by atoms with Crippen LogP contribution in [0.2, 0.25) is 0 Å². The largest absolute Gasteiger partial charge is 0.355 e. The minimum atomic E-state index is 0.340. The summed E-state index contributed by atoms with van der Waals surface area (Å²) in [4.78, 5) is 11.2. The monoisotopic (exact) mass is 367 g/mol. The first-order chi connectivity index (χ1) is 11.3. The predicted octanol–water partition coefficient (Wildman–Crippen LogP) is 6.33. The van der Waals surface area contributed by atoms with Crippen LogP contribution in [-0.4, -0.2) is 0 Å². The summed E-state index contributed by atoms with van der Waals surface area (Å²) in [5.41, 5.74) is 3.69. The molecule has 0 saturated carbocycles. The van der Waals surface area contributed by atoms with Crippen molar-refractivity contribution in [3.63, 3.8) is 0 Å². The highest BCUT2D eigenvalue weighted by Crippen LogP contribution is 2.38. The van der Waals surface area contributed by atoms with Gasteiger partial charge in [0.2, 0.25) is 0 Å². The molecule has 0 saturated heterocycles. The number of rotatable bonds is 5. The van der Waals surface area contributed by atoms with Gasteiger partial charge >= 0.3 is 0 Å². The molecule has 0 aliphatic rings. The van der Waals surface area contributed by atoms with E-state index in [0.29, 0.717) is 15.8 Å². The van der Waals surface area contributed by atoms with Gasteiger partial charge in [-0.15, -0.1) is 4.91 Å². The van der Waals surface area contributed by atoms with Crippen LogP contribution < -0.4 is 10.6 Å². The molecule has 0 spiro atoms. The SMILES string of the molecule is O=Nc1c(Br)cc(Nc2ccccc2)cc1Nc1ccccc1. The highest BCUT2D eigenvalue weighted by Gasteiger charge is 2.11. The highest BCUT2D eigenvalue weighted by molar-refractivity contribution is 9.10. The fourth-order valence-corrected chi connectivity index (χ4v) is 2.76. The van der Waals surface area contributed by atoms with E-state index in [1.54, 1.807) is 0 Å². The molecule has 0 aliphatic carbocycles. The molecule has 3 aromatic rings. The van der Waals surface area contributed by atoms with Crippen LogP contribution in [0.4, 0.5) is 28.4 Å². The van der Waals surface area contributed by atoms with Gasteiger partial charge in [-0.25, -0.2) is 0 Å². The van der Waals surface area contributed by atoms with Crippen LogP contribution >= 0.6 is 15.9 Å². The standard InChI is InChI=1S/C18H14BrN3O/c19-16-11-15(20-13-7-3-1-4-8-13)12-17(18(16)22-23)21-14-9-5-2-6-10-14/h1-12,20-21H. The van der Waals surface area contributed by atoms with Crippen LogP contribution in [0.25, 0.3) is 0 Å². The van der Waals surface area contributed by atoms with Gasteiger partial charge in [0.1, 0.15) is 5.69 Å². The van der Waals surface area contributed by atoms with Crippen molar-refractivity contribution in [3.05, 3.63) is 82.2 Å². The molecule has 0 heterocycles. The molecule has 5 heteroatoms. The Morgan fingerprint density at radius 2 is 1.30 bits per heavy atom. The van der Waals surface area contributed by atoms with Crippen LogP contribution in [0, 0.1) is 4.91 Å². The summed E-state index contributed by atoms with van der Waals surface area (Å²) in [5.74, 6) is 0. The maximum atomic E-state index is 11.2. The summed E-state index contributed by atoms with van der Waals surface area (Å²) < 4.78 is 0.631. The van der Waals surface area contributed by atoms with Gasteiger partial charge in [0.05, 0.1) is 10.2 Å². The van der Waals surface area contributed by atoms with E-state index in [2.05, 4.69) is 31.7 Å². The van der Waals surface area contributed by atoms with E-state index >= 15 is 0 Å². The number of nitroso groups, excluding NO2 is 1. The molecule has 0 amide bonds. The second-order valence-electron chi connectivity index (χ2n) is 4.93. The van der Waals surface area contributed by atoms with E-state index in [4.69, 9.17) is 0 Å². The Hall–Kier alpha value is -2.66. The maximum absolute atomic E-state index is 11.2. The quantitative estimate of drug-likeness (QED) is 0.517. The Bertz CT molecular complexity index is 807. The first kappa shape index (κ1) is 15.2. The number of nitrogens with one attached hydrogen (secondary N) is 2. The summed E-state index contributed by atoms with van der Waals surface area (Å²) in [7, 11) is 0. The van der Waals surface area contributed by atoms with Crippen molar-refractivity contribution in [2.75, 3.05) is 10.6 Å². The molecule has 3 rings (SSSR count). The third-order valence-electron chi connectivity index (χ3n) is 3.27. The number of nitrogens with zero attached hydrogens (tertiary/aromatic N) is 1. The molecule has 2 N–H and O–H groups in total. The van der Waals surface area contributed by atoms with E-state index in [0.717, 1.165) is 17.1 Å². The van der Waals surface area contributed by atoms with Crippen molar-refractivity contribution < 1.29 is 0 Å². The van der Waals surface area contributed by atoms with Crippen molar-refractivity contribution in [3.8, 4) is 0 Å². The summed E-state index contributed by atoms with van der Waals surface area (Å²) in [6.45, 7) is 0. The Balaban J connectivity index is 1.95. The zero-order valence-corrected chi connectivity index (χ0v) is 13.7. The lowest BCUT2D eigenvalue weighted by atomic mass is 10.2. The summed E-state index contributed by atoms with van der Waals surface area (Å²) in [5, 5.41) is 9.66. The number of hydrogen-bond acceptors (Lipinski definition) is 4. The zero-order valence-electron chi connectivity index (χ0n) is 12.2. The Labute approximate surface area is 142 Å². The molecule has 0 fully saturated rings. The maximum Gasteiger partial charge on any atom is 0.145 e. The Morgan fingerprint density at radius 1 is 0.739 bits per heavy atom. The van der Waals surface area contributed by atoms with Gasteiger partial charge in [-0.05, 0) is 57.5 Å². The van der Waals surface area contributed by atoms with Crippen LogP contribution in [0.5, 0.6) is 0 Å². The van der Waals surface area contributed by atoms with E-state index < -0.39 is 0 Å². The molecule has 0 bridgehead atoms. The molecule has 0 radical (unpaired) electrons. The summed E-state index contributed by atoms with van der Waals surface area (Å²) >= 11 is 3.41. The minimum absolute atomic E-state index is 0.340. The second-order valence-corrected chi connectivity index (χ2v) is 5.78. The van der Waals surface area contributed by atoms with Crippen molar-refractivity contribution in [1.82, 2.24) is 0 Å². The zero-order chi connectivity index (χ0) is 16.1. The first-order valence-electron chi connectivity index (χ1n) is 7.07. The van der Waals surface area contributed by atoms with E-state index in [1.165, 1.54) is 0 Å². The van der Waals surface area contributed by atoms with E-state index in [1.807, 2.05) is 72.8 Å². The van der Waals surface area contributed by atoms with Gasteiger partial charge in [-0.2, -0.15) is 0 Å². The normalized spacial score (nSPS) is 10.1. The average Bonchev–Trinajstić information content (AvgIpc) is 2.57. The molecule has 0 atom stereocenters. The van der Waals surface area contributed by atoms with Gasteiger partial charge in [-0.1, -0.05) is 36.4 Å². The van der Waals surface area contributed by atoms with Crippen LogP contribution in [0.15, 0.2) is 82.4 Å². The van der Waals surface area contributed by atoms with Crippen molar-refractivity contribution in [2.24, 2.45) is 5.18 Å². The lowest BCUT2D eigenvalue weighted by Crippen LogP contribution is -1.95. The van der Waals surface area contributed by atoms with Crippen LogP contribution in [-0.2, 0) is 0 Å². The smallest absolute Gasteiger partial charge is 0.145 e. The molecule has 3 aromatic carbocycles. The molecule has 0 unspecified atom stereocenters. The van der Waals surface area contributed by atoms with Crippen LogP contribution in [0.1, 0.15) is 0 Å². The number of halogens is 1. The third-order valence-corrected chi connectivity index (χ3v) is 3.87. The van der Waals surface area contributed by atoms with Crippen molar-refractivity contribution >= 4 is 44.4 Å². The predicted molar refractivity (Wildman–Crippen MR) is 99.0 cm³/mol. The van der Waals surface area contributed by atoms with Gasteiger partial charge in [-0.3, -0.25) is 0 Å². The summed E-state index contributed by atoms with van der Waals surface area (Å²) in [6.07, 6.45) is 0. The lowest BCUT2D eigenvalue weighted by molar-refractivity contribution is 1.42. The molecule has 4 nitrogen and oxygen atoms in total.